The van der Waals surface area contributed by atoms with Gasteiger partial charge in [0.05, 0.1) is 23.6 Å². The summed E-state index contributed by atoms with van der Waals surface area (Å²) >= 11 is 6.19. The number of amides is 1. The van der Waals surface area contributed by atoms with E-state index in [-0.39, 0.29) is 11.2 Å². The van der Waals surface area contributed by atoms with Crippen LogP contribution in [-0.4, -0.2) is 12.5 Å². The van der Waals surface area contributed by atoms with Gasteiger partial charge in [0.2, 0.25) is 5.76 Å². The highest BCUT2D eigenvalue weighted by molar-refractivity contribution is 6.32. The predicted molar refractivity (Wildman–Crippen MR) is 108 cm³/mol. The SMILES string of the molecule is CCCCOc1ccc(C2NC(=O)c3oc4cc(C)c(Cl)cc4c(=O)c32)cc1. The van der Waals surface area contributed by atoms with Gasteiger partial charge in [-0.3, -0.25) is 9.59 Å². The van der Waals surface area contributed by atoms with Gasteiger partial charge < -0.3 is 14.5 Å². The smallest absolute Gasteiger partial charge is 0.288 e. The molecule has 1 unspecified atom stereocenters. The third-order valence-electron chi connectivity index (χ3n) is 4.96. The van der Waals surface area contributed by atoms with Crippen LogP contribution >= 0.6 is 11.6 Å². The number of hydrogen-bond acceptors (Lipinski definition) is 4. The first-order valence-corrected chi connectivity index (χ1v) is 9.68. The Hall–Kier alpha value is -2.79. The highest BCUT2D eigenvalue weighted by Crippen LogP contribution is 2.33. The van der Waals surface area contributed by atoms with E-state index < -0.39 is 11.9 Å². The molecule has 0 saturated carbocycles. The Balaban J connectivity index is 1.75. The average molecular weight is 398 g/mol. The van der Waals surface area contributed by atoms with Gasteiger partial charge in [-0.05, 0) is 48.7 Å². The van der Waals surface area contributed by atoms with Crippen LogP contribution in [-0.2, 0) is 0 Å². The Morgan fingerprint density at radius 3 is 2.64 bits per heavy atom. The zero-order chi connectivity index (χ0) is 19.8. The lowest BCUT2D eigenvalue weighted by molar-refractivity contribution is 0.0938. The molecule has 0 fully saturated rings. The fourth-order valence-electron chi connectivity index (χ4n) is 3.37. The van der Waals surface area contributed by atoms with E-state index in [0.29, 0.717) is 28.2 Å². The van der Waals surface area contributed by atoms with Crippen molar-refractivity contribution < 1.29 is 13.9 Å². The predicted octanol–water partition coefficient (Wildman–Crippen LogP) is 4.77. The number of hydrogen-bond donors (Lipinski definition) is 1. The van der Waals surface area contributed by atoms with Crippen molar-refractivity contribution in [2.75, 3.05) is 6.61 Å². The molecule has 1 N–H and O–H groups in total. The zero-order valence-electron chi connectivity index (χ0n) is 15.7. The number of rotatable bonds is 5. The third-order valence-corrected chi connectivity index (χ3v) is 5.36. The van der Waals surface area contributed by atoms with E-state index in [1.807, 2.05) is 31.2 Å². The van der Waals surface area contributed by atoms with E-state index in [0.717, 1.165) is 29.7 Å². The van der Waals surface area contributed by atoms with Crippen molar-refractivity contribution in [1.29, 1.82) is 0 Å². The van der Waals surface area contributed by atoms with Crippen LogP contribution in [0.4, 0.5) is 0 Å². The van der Waals surface area contributed by atoms with Gasteiger partial charge in [0.25, 0.3) is 5.91 Å². The quantitative estimate of drug-likeness (QED) is 0.630. The van der Waals surface area contributed by atoms with E-state index in [9.17, 15) is 9.59 Å². The lowest BCUT2D eigenvalue weighted by atomic mass is 9.99. The summed E-state index contributed by atoms with van der Waals surface area (Å²) in [5, 5.41) is 3.70. The van der Waals surface area contributed by atoms with E-state index in [1.54, 1.807) is 12.1 Å². The Kier molecular flexibility index (Phi) is 4.85. The van der Waals surface area contributed by atoms with Gasteiger partial charge >= 0.3 is 0 Å². The van der Waals surface area contributed by atoms with Crippen LogP contribution in [0.5, 0.6) is 5.75 Å². The number of ether oxygens (including phenoxy) is 1. The minimum atomic E-state index is -0.562. The molecule has 0 bridgehead atoms. The maximum absolute atomic E-state index is 13.1. The highest BCUT2D eigenvalue weighted by Gasteiger charge is 2.36. The molecule has 144 valence electrons. The number of benzene rings is 2. The van der Waals surface area contributed by atoms with Gasteiger partial charge in [-0.1, -0.05) is 37.1 Å². The number of aryl methyl sites for hydroxylation is 1. The van der Waals surface area contributed by atoms with E-state index in [1.165, 1.54) is 0 Å². The Morgan fingerprint density at radius 2 is 1.93 bits per heavy atom. The van der Waals surface area contributed by atoms with Crippen molar-refractivity contribution in [2.24, 2.45) is 0 Å². The summed E-state index contributed by atoms with van der Waals surface area (Å²) < 4.78 is 11.5. The maximum Gasteiger partial charge on any atom is 0.288 e. The second-order valence-electron chi connectivity index (χ2n) is 6.95. The minimum Gasteiger partial charge on any atom is -0.494 e. The van der Waals surface area contributed by atoms with Gasteiger partial charge in [0.15, 0.2) is 5.43 Å². The summed E-state index contributed by atoms with van der Waals surface area (Å²) in [5.74, 6) is 0.428. The van der Waals surface area contributed by atoms with Crippen LogP contribution in [0, 0.1) is 6.92 Å². The molecular weight excluding hydrogens is 378 g/mol. The van der Waals surface area contributed by atoms with E-state index >= 15 is 0 Å². The van der Waals surface area contributed by atoms with Crippen molar-refractivity contribution in [3.05, 3.63) is 74.1 Å². The fraction of sp³-hybridized carbons (Fsp3) is 0.273. The molecule has 1 atom stereocenters. The lowest BCUT2D eigenvalue weighted by Gasteiger charge is -2.13. The average Bonchev–Trinajstić information content (AvgIpc) is 3.01. The van der Waals surface area contributed by atoms with Crippen LogP contribution in [0.2, 0.25) is 5.02 Å². The van der Waals surface area contributed by atoms with Crippen LogP contribution in [0.25, 0.3) is 11.0 Å². The van der Waals surface area contributed by atoms with Gasteiger partial charge in [-0.25, -0.2) is 0 Å². The first-order chi connectivity index (χ1) is 13.5. The van der Waals surface area contributed by atoms with Crippen molar-refractivity contribution in [3.63, 3.8) is 0 Å². The molecule has 0 saturated heterocycles. The number of fused-ring (bicyclic) bond motifs is 2. The van der Waals surface area contributed by atoms with Gasteiger partial charge in [0.1, 0.15) is 11.3 Å². The standard InChI is InChI=1S/C22H20ClNO4/c1-3-4-9-27-14-7-5-13(6-8-14)19-18-20(25)15-11-16(23)12(2)10-17(15)28-21(18)22(26)24-19/h5-8,10-11,19H,3-4,9H2,1-2H3,(H,24,26). The minimum absolute atomic E-state index is 0.0625. The summed E-state index contributed by atoms with van der Waals surface area (Å²) in [7, 11) is 0. The molecule has 3 aromatic rings. The normalized spacial score (nSPS) is 15.5. The fourth-order valence-corrected chi connectivity index (χ4v) is 3.53. The van der Waals surface area contributed by atoms with Crippen molar-refractivity contribution >= 4 is 28.5 Å². The van der Waals surface area contributed by atoms with E-state index in [4.69, 9.17) is 20.8 Å². The number of nitrogens with one attached hydrogen (secondary N) is 1. The molecule has 6 heteroatoms. The molecule has 28 heavy (non-hydrogen) atoms. The third kappa shape index (κ3) is 3.16. The van der Waals surface area contributed by atoms with Crippen LogP contribution in [0.3, 0.4) is 0 Å². The molecule has 0 spiro atoms. The van der Waals surface area contributed by atoms with Crippen LogP contribution in [0.1, 0.15) is 53.1 Å². The molecule has 0 aliphatic carbocycles. The molecule has 2 aromatic carbocycles. The Bertz CT molecular complexity index is 1120. The molecule has 0 radical (unpaired) electrons. The first-order valence-electron chi connectivity index (χ1n) is 9.30. The summed E-state index contributed by atoms with van der Waals surface area (Å²) in [6.07, 6.45) is 2.06. The molecule has 1 aliphatic rings. The summed E-state index contributed by atoms with van der Waals surface area (Å²) in [4.78, 5) is 25.6. The number of carbonyl (C=O) groups is 1. The molecule has 1 amide bonds. The monoisotopic (exact) mass is 397 g/mol. The van der Waals surface area contributed by atoms with Crippen LogP contribution < -0.4 is 15.5 Å². The molecule has 5 nitrogen and oxygen atoms in total. The van der Waals surface area contributed by atoms with Gasteiger partial charge in [-0.15, -0.1) is 0 Å². The first kappa shape index (κ1) is 18.6. The van der Waals surface area contributed by atoms with Crippen molar-refractivity contribution in [3.8, 4) is 5.75 Å². The van der Waals surface area contributed by atoms with E-state index in [2.05, 4.69) is 12.2 Å². The Morgan fingerprint density at radius 1 is 1.18 bits per heavy atom. The molecule has 4 rings (SSSR count). The number of halogens is 1. The summed E-state index contributed by atoms with van der Waals surface area (Å²) in [5.41, 5.74) is 2.01. The van der Waals surface area contributed by atoms with Gasteiger partial charge in [-0.2, -0.15) is 0 Å². The molecule has 1 aromatic heterocycles. The largest absolute Gasteiger partial charge is 0.494 e. The Labute approximate surface area is 167 Å². The number of unbranched alkanes of at least 4 members (excludes halogenated alkanes) is 1. The van der Waals surface area contributed by atoms with Crippen molar-refractivity contribution in [2.45, 2.75) is 32.7 Å². The van der Waals surface area contributed by atoms with Crippen LogP contribution in [0.15, 0.2) is 45.6 Å². The highest BCUT2D eigenvalue weighted by atomic mass is 35.5. The summed E-state index contributed by atoms with van der Waals surface area (Å²) in [6.45, 7) is 4.59. The molecule has 1 aliphatic heterocycles. The second kappa shape index (κ2) is 7.32. The molecular formula is C22H20ClNO4. The number of carbonyl (C=O) groups excluding carboxylic acids is 1. The summed E-state index contributed by atoms with van der Waals surface area (Å²) in [6, 6.07) is 10.1. The zero-order valence-corrected chi connectivity index (χ0v) is 16.4. The maximum atomic E-state index is 13.1. The van der Waals surface area contributed by atoms with Crippen molar-refractivity contribution in [1.82, 2.24) is 5.32 Å². The second-order valence-corrected chi connectivity index (χ2v) is 7.36. The lowest BCUT2D eigenvalue weighted by Crippen LogP contribution is -2.21. The van der Waals surface area contributed by atoms with Gasteiger partial charge in [0, 0.05) is 5.02 Å². The topological polar surface area (TPSA) is 68.5 Å². The molecule has 2 heterocycles.